The Hall–Kier alpha value is -0.160. The number of amides is 2. The Balaban J connectivity index is 2.71. The maximum absolute atomic E-state index is 11.0. The largest absolute Gasteiger partial charge is 0.285 e. The Kier molecular flexibility index (Phi) is 2.25. The average Bonchev–Trinajstić information content (AvgIpc) is 2.17. The molecule has 5 heteroatoms. The molecule has 1 aliphatic rings. The first-order chi connectivity index (χ1) is 4.66. The third-order valence-corrected chi connectivity index (χ3v) is 2.85. The summed E-state index contributed by atoms with van der Waals surface area (Å²) in [6.07, 6.45) is 0.295. The molecule has 0 bridgehead atoms. The number of thiol groups is 1. The molecule has 10 heavy (non-hydrogen) atoms. The highest BCUT2D eigenvalue weighted by Crippen LogP contribution is 2.25. The van der Waals surface area contributed by atoms with Crippen molar-refractivity contribution in [1.82, 2.24) is 4.90 Å². The second-order valence-corrected chi connectivity index (χ2v) is 3.50. The van der Waals surface area contributed by atoms with Gasteiger partial charge < -0.3 is 0 Å². The van der Waals surface area contributed by atoms with Crippen molar-refractivity contribution in [3.05, 3.63) is 0 Å². The summed E-state index contributed by atoms with van der Waals surface area (Å²) >= 11 is 3.87. The monoisotopic (exact) mass is 177 g/mol. The molecule has 0 radical (unpaired) electrons. The van der Waals surface area contributed by atoms with Gasteiger partial charge in [0.25, 0.3) is 0 Å². The first-order valence-corrected chi connectivity index (χ1v) is 4.70. The Labute approximate surface area is 68.0 Å². The van der Waals surface area contributed by atoms with Crippen molar-refractivity contribution in [1.29, 1.82) is 0 Å². The predicted molar refractivity (Wildman–Crippen MR) is 42.8 cm³/mol. The van der Waals surface area contributed by atoms with Crippen LogP contribution in [0, 0.1) is 0 Å². The quantitative estimate of drug-likeness (QED) is 0.356. The van der Waals surface area contributed by atoms with E-state index < -0.39 is 0 Å². The molecule has 0 saturated carbocycles. The lowest BCUT2D eigenvalue weighted by atomic mass is 10.4. The summed E-state index contributed by atoms with van der Waals surface area (Å²) in [5, 5.41) is -0.263. The number of imide groups is 1. The van der Waals surface area contributed by atoms with E-state index in [2.05, 4.69) is 11.7 Å². The summed E-state index contributed by atoms with van der Waals surface area (Å²) in [4.78, 5) is 22.9. The molecule has 0 spiro atoms. The number of nitrogens with zero attached hydrogens (tertiary/aromatic N) is 1. The lowest BCUT2D eigenvalue weighted by Gasteiger charge is -2.04. The minimum atomic E-state index is -0.263. The van der Waals surface area contributed by atoms with Crippen molar-refractivity contribution < 1.29 is 9.59 Å². The zero-order valence-corrected chi connectivity index (χ0v) is 7.11. The van der Waals surface area contributed by atoms with Gasteiger partial charge in [0.1, 0.15) is 5.25 Å². The molecule has 0 N–H and O–H groups in total. The van der Waals surface area contributed by atoms with Crippen LogP contribution in [0.4, 0.5) is 0 Å². The van der Waals surface area contributed by atoms with Crippen LogP contribution in [-0.2, 0) is 9.59 Å². The maximum atomic E-state index is 11.0. The van der Waals surface area contributed by atoms with Gasteiger partial charge in [-0.1, -0.05) is 10.8 Å². The highest BCUT2D eigenvalue weighted by Gasteiger charge is 2.35. The second kappa shape index (κ2) is 2.84. The van der Waals surface area contributed by atoms with Crippen LogP contribution >= 0.6 is 22.5 Å². The number of carbonyl (C=O) groups is 2. The van der Waals surface area contributed by atoms with Gasteiger partial charge >= 0.3 is 0 Å². The molecular formula is C5H7NO2S2. The summed E-state index contributed by atoms with van der Waals surface area (Å²) in [6.45, 7) is 0. The molecule has 0 aromatic rings. The van der Waals surface area contributed by atoms with E-state index in [-0.39, 0.29) is 17.1 Å². The first-order valence-electron chi connectivity index (χ1n) is 2.77. The van der Waals surface area contributed by atoms with Gasteiger partial charge in [-0.05, 0) is 0 Å². The minimum Gasteiger partial charge on any atom is -0.285 e. The third-order valence-electron chi connectivity index (χ3n) is 1.47. The lowest BCUT2D eigenvalue weighted by molar-refractivity contribution is -0.136. The molecule has 1 rings (SSSR count). The first kappa shape index (κ1) is 7.94. The molecule has 0 aromatic heterocycles. The van der Waals surface area contributed by atoms with E-state index in [4.69, 9.17) is 0 Å². The van der Waals surface area contributed by atoms with Crippen LogP contribution in [0.1, 0.15) is 6.42 Å². The van der Waals surface area contributed by atoms with Gasteiger partial charge in [-0.2, -0.15) is 0 Å². The molecular weight excluding hydrogens is 170 g/mol. The number of likely N-dealkylation sites (tertiary alicyclic amines) is 1. The third kappa shape index (κ3) is 1.15. The Morgan fingerprint density at radius 1 is 1.70 bits per heavy atom. The molecule has 56 valence electrons. The molecule has 3 nitrogen and oxygen atoms in total. The van der Waals surface area contributed by atoms with E-state index in [1.165, 1.54) is 7.05 Å². The van der Waals surface area contributed by atoms with Gasteiger partial charge in [-0.3, -0.25) is 14.5 Å². The SMILES string of the molecule is CN1C(=O)CC(SS)C1=O. The highest BCUT2D eigenvalue weighted by molar-refractivity contribution is 8.69. The number of carbonyl (C=O) groups excluding carboxylic acids is 2. The summed E-state index contributed by atoms with van der Waals surface area (Å²) in [7, 11) is 2.63. The van der Waals surface area contributed by atoms with Crippen LogP contribution in [0.2, 0.25) is 0 Å². The van der Waals surface area contributed by atoms with Gasteiger partial charge in [0, 0.05) is 13.5 Å². The van der Waals surface area contributed by atoms with Crippen LogP contribution in [0.5, 0.6) is 0 Å². The fraction of sp³-hybridized carbons (Fsp3) is 0.600. The van der Waals surface area contributed by atoms with Crippen molar-refractivity contribution in [2.45, 2.75) is 11.7 Å². The van der Waals surface area contributed by atoms with Gasteiger partial charge in [0.2, 0.25) is 11.8 Å². The Morgan fingerprint density at radius 3 is 2.50 bits per heavy atom. The zero-order chi connectivity index (χ0) is 7.72. The minimum absolute atomic E-state index is 0.114. The van der Waals surface area contributed by atoms with E-state index in [0.29, 0.717) is 6.42 Å². The second-order valence-electron chi connectivity index (χ2n) is 2.09. The van der Waals surface area contributed by atoms with Crippen molar-refractivity contribution in [3.8, 4) is 0 Å². The van der Waals surface area contributed by atoms with Crippen LogP contribution in [0.25, 0.3) is 0 Å². The number of rotatable bonds is 1. The molecule has 0 aliphatic carbocycles. The summed E-state index contributed by atoms with van der Waals surface area (Å²) < 4.78 is 0. The molecule has 0 aromatic carbocycles. The number of hydrogen-bond donors (Lipinski definition) is 1. The van der Waals surface area contributed by atoms with Crippen LogP contribution < -0.4 is 0 Å². The molecule has 1 unspecified atom stereocenters. The van der Waals surface area contributed by atoms with Crippen LogP contribution in [0.3, 0.4) is 0 Å². The van der Waals surface area contributed by atoms with E-state index in [1.54, 1.807) is 0 Å². The van der Waals surface area contributed by atoms with Crippen molar-refractivity contribution >= 4 is 34.3 Å². The zero-order valence-electron chi connectivity index (χ0n) is 5.40. The maximum Gasteiger partial charge on any atom is 0.243 e. The summed E-state index contributed by atoms with van der Waals surface area (Å²) in [5.74, 6) is -0.249. The molecule has 2 amide bonds. The summed E-state index contributed by atoms with van der Waals surface area (Å²) in [5.41, 5.74) is 0. The molecule has 1 atom stereocenters. The smallest absolute Gasteiger partial charge is 0.243 e. The normalized spacial score (nSPS) is 26.2. The van der Waals surface area contributed by atoms with E-state index in [1.807, 2.05) is 0 Å². The molecule has 1 heterocycles. The van der Waals surface area contributed by atoms with E-state index in [0.717, 1.165) is 15.7 Å². The van der Waals surface area contributed by atoms with Crippen LogP contribution in [0.15, 0.2) is 0 Å². The Bertz CT molecular complexity index is 182. The summed E-state index contributed by atoms with van der Waals surface area (Å²) in [6, 6.07) is 0. The van der Waals surface area contributed by atoms with Gasteiger partial charge in [-0.25, -0.2) is 0 Å². The Morgan fingerprint density at radius 2 is 2.30 bits per heavy atom. The standard InChI is InChI=1S/C5H7NO2S2/c1-6-4(7)2-3(10-9)5(6)8/h3,9H,2H2,1H3. The van der Waals surface area contributed by atoms with Gasteiger partial charge in [-0.15, -0.1) is 11.7 Å². The lowest BCUT2D eigenvalue weighted by Crippen LogP contribution is -2.26. The highest BCUT2D eigenvalue weighted by atomic mass is 33.1. The fourth-order valence-corrected chi connectivity index (χ4v) is 1.76. The molecule has 1 aliphatic heterocycles. The average molecular weight is 177 g/mol. The molecule has 1 saturated heterocycles. The van der Waals surface area contributed by atoms with Crippen LogP contribution in [-0.4, -0.2) is 29.0 Å². The van der Waals surface area contributed by atoms with E-state index >= 15 is 0 Å². The van der Waals surface area contributed by atoms with E-state index in [9.17, 15) is 9.59 Å². The van der Waals surface area contributed by atoms with Crippen molar-refractivity contribution in [3.63, 3.8) is 0 Å². The van der Waals surface area contributed by atoms with Gasteiger partial charge in [0.05, 0.1) is 0 Å². The van der Waals surface area contributed by atoms with Gasteiger partial charge in [0.15, 0.2) is 0 Å². The predicted octanol–water partition coefficient (Wildman–Crippen LogP) is 0.322. The number of hydrogen-bond acceptors (Lipinski definition) is 4. The van der Waals surface area contributed by atoms with Crippen molar-refractivity contribution in [2.24, 2.45) is 0 Å². The molecule has 1 fully saturated rings. The fourth-order valence-electron chi connectivity index (χ4n) is 0.804. The van der Waals surface area contributed by atoms with Crippen molar-refractivity contribution in [2.75, 3.05) is 7.05 Å². The topological polar surface area (TPSA) is 37.4 Å².